The van der Waals surface area contributed by atoms with Crippen molar-refractivity contribution in [2.75, 3.05) is 5.32 Å². The van der Waals surface area contributed by atoms with Gasteiger partial charge in [-0.1, -0.05) is 12.1 Å². The van der Waals surface area contributed by atoms with Crippen LogP contribution in [0.25, 0.3) is 16.9 Å². The third-order valence-corrected chi connectivity index (χ3v) is 4.16. The summed E-state index contributed by atoms with van der Waals surface area (Å²) in [6.45, 7) is 1.79. The van der Waals surface area contributed by atoms with Crippen molar-refractivity contribution in [3.63, 3.8) is 0 Å². The average molecular weight is 413 g/mol. The monoisotopic (exact) mass is 413 g/mol. The lowest BCUT2D eigenvalue weighted by atomic mass is 10.1. The van der Waals surface area contributed by atoms with Crippen LogP contribution in [0.1, 0.15) is 16.1 Å². The molecule has 3 heterocycles. The maximum absolute atomic E-state index is 12.7. The number of carbonyl (C=O) groups is 1. The highest BCUT2D eigenvalue weighted by Crippen LogP contribution is 2.33. The summed E-state index contributed by atoms with van der Waals surface area (Å²) in [5, 5.41) is 6.82. The van der Waals surface area contributed by atoms with Crippen molar-refractivity contribution in [3.05, 3.63) is 72.3 Å². The van der Waals surface area contributed by atoms with E-state index in [4.69, 9.17) is 0 Å². The molecular formula is C20H14F3N5O2. The van der Waals surface area contributed by atoms with Gasteiger partial charge in [0.15, 0.2) is 5.65 Å². The number of amides is 1. The third kappa shape index (κ3) is 4.07. The molecule has 0 fully saturated rings. The van der Waals surface area contributed by atoms with Gasteiger partial charge in [-0.2, -0.15) is 5.10 Å². The highest BCUT2D eigenvalue weighted by molar-refractivity contribution is 6.08. The van der Waals surface area contributed by atoms with Gasteiger partial charge in [0.05, 0.1) is 11.9 Å². The summed E-state index contributed by atoms with van der Waals surface area (Å²) in [6, 6.07) is 10.5. The number of hydrogen-bond donors (Lipinski definition) is 1. The number of nitrogens with zero attached hydrogens (tertiary/aromatic N) is 4. The van der Waals surface area contributed by atoms with Gasteiger partial charge in [-0.25, -0.2) is 9.50 Å². The van der Waals surface area contributed by atoms with E-state index in [2.05, 4.69) is 25.1 Å². The number of anilines is 1. The minimum Gasteiger partial charge on any atom is -0.405 e. The van der Waals surface area contributed by atoms with Crippen molar-refractivity contribution >= 4 is 17.2 Å². The molecule has 4 rings (SSSR count). The second-order valence-electron chi connectivity index (χ2n) is 6.32. The lowest BCUT2D eigenvalue weighted by Crippen LogP contribution is -2.17. The Morgan fingerprint density at radius 2 is 1.97 bits per heavy atom. The SMILES string of the molecule is Cc1cc(NC(=O)c2cnn3ccc(-c4ccccc4OC(F)(F)F)nc23)ccn1. The number of nitrogens with one attached hydrogen (secondary N) is 1. The third-order valence-electron chi connectivity index (χ3n) is 4.16. The number of aromatic nitrogens is 4. The van der Waals surface area contributed by atoms with E-state index < -0.39 is 12.3 Å². The Bertz CT molecular complexity index is 1240. The molecule has 0 radical (unpaired) electrons. The van der Waals surface area contributed by atoms with Crippen LogP contribution in [0.4, 0.5) is 18.9 Å². The Kier molecular flexibility index (Phi) is 4.82. The number of benzene rings is 1. The topological polar surface area (TPSA) is 81.4 Å². The maximum Gasteiger partial charge on any atom is 0.573 e. The van der Waals surface area contributed by atoms with E-state index in [0.717, 1.165) is 5.69 Å². The Hall–Kier alpha value is -3.95. The fourth-order valence-corrected chi connectivity index (χ4v) is 2.89. The van der Waals surface area contributed by atoms with Crippen LogP contribution in [0.15, 0.2) is 61.1 Å². The van der Waals surface area contributed by atoms with Crippen LogP contribution in [0.5, 0.6) is 5.75 Å². The van der Waals surface area contributed by atoms with E-state index >= 15 is 0 Å². The van der Waals surface area contributed by atoms with E-state index in [1.54, 1.807) is 31.3 Å². The standard InChI is InChI=1S/C20H14F3N5O2/c1-12-10-13(6-8-24-12)26-19(29)15-11-25-28-9-7-16(27-18(15)28)14-4-2-3-5-17(14)30-20(21,22)23/h2-11H,1H3,(H,24,26,29). The largest absolute Gasteiger partial charge is 0.573 e. The van der Waals surface area contributed by atoms with Gasteiger partial charge in [0.25, 0.3) is 5.91 Å². The maximum atomic E-state index is 12.7. The van der Waals surface area contributed by atoms with Crippen LogP contribution < -0.4 is 10.1 Å². The number of aryl methyl sites for hydroxylation is 1. The van der Waals surface area contributed by atoms with Gasteiger partial charge in [0.2, 0.25) is 0 Å². The first-order valence-corrected chi connectivity index (χ1v) is 8.74. The van der Waals surface area contributed by atoms with Crippen molar-refractivity contribution in [1.82, 2.24) is 19.6 Å². The molecule has 0 saturated carbocycles. The summed E-state index contributed by atoms with van der Waals surface area (Å²) in [5.74, 6) is -0.847. The van der Waals surface area contributed by atoms with Crippen molar-refractivity contribution in [3.8, 4) is 17.0 Å². The lowest BCUT2D eigenvalue weighted by Gasteiger charge is -2.13. The number of carbonyl (C=O) groups excluding carboxylic acids is 1. The molecule has 0 aliphatic heterocycles. The predicted molar refractivity (Wildman–Crippen MR) is 102 cm³/mol. The summed E-state index contributed by atoms with van der Waals surface area (Å²) in [5.41, 5.74) is 1.98. The molecule has 0 saturated heterocycles. The van der Waals surface area contributed by atoms with Gasteiger partial charge in [0.1, 0.15) is 11.3 Å². The number of ether oxygens (including phenoxy) is 1. The van der Waals surface area contributed by atoms with Crippen molar-refractivity contribution in [1.29, 1.82) is 0 Å². The summed E-state index contributed by atoms with van der Waals surface area (Å²) in [7, 11) is 0. The Balaban J connectivity index is 1.71. The van der Waals surface area contributed by atoms with E-state index in [1.165, 1.54) is 41.2 Å². The minimum absolute atomic E-state index is 0.134. The zero-order valence-electron chi connectivity index (χ0n) is 15.5. The first kappa shape index (κ1) is 19.4. The van der Waals surface area contributed by atoms with E-state index in [1.807, 2.05) is 0 Å². The molecule has 152 valence electrons. The molecule has 1 amide bonds. The van der Waals surface area contributed by atoms with Crippen molar-refractivity contribution in [2.45, 2.75) is 13.3 Å². The van der Waals surface area contributed by atoms with Gasteiger partial charge in [-0.15, -0.1) is 13.2 Å². The molecule has 10 heteroatoms. The fraction of sp³-hybridized carbons (Fsp3) is 0.100. The van der Waals surface area contributed by atoms with Gasteiger partial charge in [0, 0.05) is 29.3 Å². The van der Waals surface area contributed by atoms with Crippen LogP contribution in [-0.4, -0.2) is 31.9 Å². The fourth-order valence-electron chi connectivity index (χ4n) is 2.89. The number of para-hydroxylation sites is 1. The minimum atomic E-state index is -4.84. The summed E-state index contributed by atoms with van der Waals surface area (Å²) in [6.07, 6.45) is -0.428. The summed E-state index contributed by atoms with van der Waals surface area (Å²) < 4.78 is 43.7. The number of rotatable bonds is 4. The van der Waals surface area contributed by atoms with Gasteiger partial charge in [-0.3, -0.25) is 9.78 Å². The lowest BCUT2D eigenvalue weighted by molar-refractivity contribution is -0.274. The zero-order chi connectivity index (χ0) is 21.3. The smallest absolute Gasteiger partial charge is 0.405 e. The van der Waals surface area contributed by atoms with Gasteiger partial charge in [-0.05, 0) is 37.3 Å². The molecule has 30 heavy (non-hydrogen) atoms. The highest BCUT2D eigenvalue weighted by atomic mass is 19.4. The number of fused-ring (bicyclic) bond motifs is 1. The van der Waals surface area contributed by atoms with Gasteiger partial charge < -0.3 is 10.1 Å². The summed E-state index contributed by atoms with van der Waals surface area (Å²) in [4.78, 5) is 21.1. The van der Waals surface area contributed by atoms with E-state index in [0.29, 0.717) is 5.69 Å². The van der Waals surface area contributed by atoms with Crippen LogP contribution >= 0.6 is 0 Å². The molecule has 0 bridgehead atoms. The van der Waals surface area contributed by atoms with Crippen LogP contribution in [-0.2, 0) is 0 Å². The van der Waals surface area contributed by atoms with E-state index in [9.17, 15) is 18.0 Å². The molecule has 4 aromatic rings. The van der Waals surface area contributed by atoms with Crippen LogP contribution in [0.2, 0.25) is 0 Å². The Morgan fingerprint density at radius 3 is 2.73 bits per heavy atom. The highest BCUT2D eigenvalue weighted by Gasteiger charge is 2.32. The molecule has 1 aromatic carbocycles. The van der Waals surface area contributed by atoms with Crippen LogP contribution in [0, 0.1) is 6.92 Å². The first-order chi connectivity index (χ1) is 14.3. The summed E-state index contributed by atoms with van der Waals surface area (Å²) >= 11 is 0. The predicted octanol–water partition coefficient (Wildman–Crippen LogP) is 4.25. The zero-order valence-corrected chi connectivity index (χ0v) is 15.5. The molecule has 0 aliphatic rings. The van der Waals surface area contributed by atoms with Crippen molar-refractivity contribution in [2.24, 2.45) is 0 Å². The second-order valence-corrected chi connectivity index (χ2v) is 6.32. The molecule has 1 N–H and O–H groups in total. The molecular weight excluding hydrogens is 399 g/mol. The molecule has 0 spiro atoms. The molecule has 7 nitrogen and oxygen atoms in total. The van der Waals surface area contributed by atoms with Crippen LogP contribution in [0.3, 0.4) is 0 Å². The van der Waals surface area contributed by atoms with Crippen molar-refractivity contribution < 1.29 is 22.7 Å². The number of pyridine rings is 1. The number of hydrogen-bond acceptors (Lipinski definition) is 5. The first-order valence-electron chi connectivity index (χ1n) is 8.74. The average Bonchev–Trinajstić information content (AvgIpc) is 3.10. The number of halogens is 3. The quantitative estimate of drug-likeness (QED) is 0.541. The normalized spacial score (nSPS) is 11.5. The Labute approximate surface area is 168 Å². The van der Waals surface area contributed by atoms with E-state index in [-0.39, 0.29) is 28.2 Å². The molecule has 3 aromatic heterocycles. The molecule has 0 atom stereocenters. The molecule has 0 aliphatic carbocycles. The second kappa shape index (κ2) is 7.47. The van der Waals surface area contributed by atoms with Gasteiger partial charge >= 0.3 is 6.36 Å². The number of alkyl halides is 3. The Morgan fingerprint density at radius 1 is 1.17 bits per heavy atom. The molecule has 0 unspecified atom stereocenters.